The summed E-state index contributed by atoms with van der Waals surface area (Å²) in [7, 11) is -3.66. The van der Waals surface area contributed by atoms with Gasteiger partial charge in [0.2, 0.25) is 10.0 Å². The Bertz CT molecular complexity index is 719. The van der Waals surface area contributed by atoms with Gasteiger partial charge in [-0.15, -0.1) is 11.3 Å². The molecule has 1 aromatic heterocycles. The summed E-state index contributed by atoms with van der Waals surface area (Å²) in [6.45, 7) is 5.52. The molecule has 0 bridgehead atoms. The molecule has 0 fully saturated rings. The van der Waals surface area contributed by atoms with Crippen LogP contribution in [0.1, 0.15) is 21.1 Å². The van der Waals surface area contributed by atoms with Crippen LogP contribution in [0.2, 0.25) is 0 Å². The summed E-state index contributed by atoms with van der Waals surface area (Å²) in [5.74, 6) is -0.451. The first kappa shape index (κ1) is 15.1. The minimum absolute atomic E-state index is 0.0869. The molecule has 0 radical (unpaired) electrons. The molecule has 0 amide bonds. The molecule has 0 atom stereocenters. The van der Waals surface area contributed by atoms with Crippen LogP contribution in [0.5, 0.6) is 0 Å². The van der Waals surface area contributed by atoms with Gasteiger partial charge < -0.3 is 0 Å². The minimum atomic E-state index is -3.66. The SMILES string of the molecule is Cc1cc(F)ccc1S(=O)(=O)NCc1nc(C)c(C)s1. The number of hydrogen-bond acceptors (Lipinski definition) is 4. The lowest BCUT2D eigenvalue weighted by Gasteiger charge is -2.08. The Morgan fingerprint density at radius 3 is 2.55 bits per heavy atom. The van der Waals surface area contributed by atoms with E-state index in [-0.39, 0.29) is 11.4 Å². The monoisotopic (exact) mass is 314 g/mol. The second-order valence-electron chi connectivity index (χ2n) is 4.48. The average Bonchev–Trinajstić information content (AvgIpc) is 2.66. The molecule has 108 valence electrons. The Balaban J connectivity index is 2.19. The van der Waals surface area contributed by atoms with E-state index in [0.29, 0.717) is 10.6 Å². The Morgan fingerprint density at radius 2 is 2.00 bits per heavy atom. The highest BCUT2D eigenvalue weighted by Crippen LogP contribution is 2.19. The van der Waals surface area contributed by atoms with Crippen molar-refractivity contribution in [2.24, 2.45) is 0 Å². The van der Waals surface area contributed by atoms with E-state index < -0.39 is 15.8 Å². The molecule has 20 heavy (non-hydrogen) atoms. The van der Waals surface area contributed by atoms with Gasteiger partial charge in [-0.3, -0.25) is 0 Å². The van der Waals surface area contributed by atoms with Crippen molar-refractivity contribution < 1.29 is 12.8 Å². The fraction of sp³-hybridized carbons (Fsp3) is 0.308. The van der Waals surface area contributed by atoms with Gasteiger partial charge in [0.05, 0.1) is 17.1 Å². The van der Waals surface area contributed by atoms with Crippen LogP contribution < -0.4 is 4.72 Å². The van der Waals surface area contributed by atoms with Crippen LogP contribution in [0.15, 0.2) is 23.1 Å². The molecule has 1 N–H and O–H groups in total. The highest BCUT2D eigenvalue weighted by molar-refractivity contribution is 7.89. The van der Waals surface area contributed by atoms with Crippen molar-refractivity contribution >= 4 is 21.4 Å². The van der Waals surface area contributed by atoms with Gasteiger partial charge in [0, 0.05) is 4.88 Å². The molecule has 0 aliphatic carbocycles. The van der Waals surface area contributed by atoms with Gasteiger partial charge >= 0.3 is 0 Å². The largest absolute Gasteiger partial charge is 0.245 e. The first-order chi connectivity index (χ1) is 9.29. The number of sulfonamides is 1. The van der Waals surface area contributed by atoms with Crippen LogP contribution in [0.25, 0.3) is 0 Å². The molecule has 2 aromatic rings. The maximum Gasteiger partial charge on any atom is 0.241 e. The fourth-order valence-electron chi connectivity index (χ4n) is 1.76. The van der Waals surface area contributed by atoms with Gasteiger partial charge in [-0.1, -0.05) is 0 Å². The van der Waals surface area contributed by atoms with Gasteiger partial charge in [0.1, 0.15) is 10.8 Å². The van der Waals surface area contributed by atoms with Crippen LogP contribution in [0, 0.1) is 26.6 Å². The molecule has 4 nitrogen and oxygen atoms in total. The van der Waals surface area contributed by atoms with Crippen LogP contribution in [0.4, 0.5) is 4.39 Å². The molecule has 0 spiro atoms. The summed E-state index contributed by atoms with van der Waals surface area (Å²) in [6.07, 6.45) is 0. The van der Waals surface area contributed by atoms with Gasteiger partial charge in [-0.25, -0.2) is 22.5 Å². The van der Waals surface area contributed by atoms with Gasteiger partial charge in [0.25, 0.3) is 0 Å². The maximum absolute atomic E-state index is 13.0. The van der Waals surface area contributed by atoms with E-state index in [4.69, 9.17) is 0 Å². The lowest BCUT2D eigenvalue weighted by molar-refractivity contribution is 0.579. The van der Waals surface area contributed by atoms with Crippen molar-refractivity contribution in [3.8, 4) is 0 Å². The zero-order valence-electron chi connectivity index (χ0n) is 11.4. The van der Waals surface area contributed by atoms with Crippen molar-refractivity contribution in [3.63, 3.8) is 0 Å². The fourth-order valence-corrected chi connectivity index (χ4v) is 3.94. The molecule has 0 saturated heterocycles. The van der Waals surface area contributed by atoms with Crippen molar-refractivity contribution in [1.82, 2.24) is 9.71 Å². The van der Waals surface area contributed by atoms with Crippen LogP contribution in [0.3, 0.4) is 0 Å². The summed E-state index contributed by atoms with van der Waals surface area (Å²) in [6, 6.07) is 3.61. The van der Waals surface area contributed by atoms with E-state index in [1.807, 2.05) is 13.8 Å². The Labute approximate surface area is 121 Å². The van der Waals surface area contributed by atoms with E-state index in [0.717, 1.165) is 16.6 Å². The summed E-state index contributed by atoms with van der Waals surface area (Å²) in [4.78, 5) is 5.43. The number of thiazole rings is 1. The van der Waals surface area contributed by atoms with Gasteiger partial charge in [-0.2, -0.15) is 0 Å². The molecule has 2 rings (SSSR count). The van der Waals surface area contributed by atoms with Gasteiger partial charge in [-0.05, 0) is 44.5 Å². The highest BCUT2D eigenvalue weighted by atomic mass is 32.2. The highest BCUT2D eigenvalue weighted by Gasteiger charge is 2.17. The maximum atomic E-state index is 13.0. The number of nitrogens with zero attached hydrogens (tertiary/aromatic N) is 1. The standard InChI is InChI=1S/C13H15FN2O2S2/c1-8-6-11(14)4-5-12(8)20(17,18)15-7-13-16-9(2)10(3)19-13/h4-6,15H,7H2,1-3H3. The van der Waals surface area contributed by atoms with Crippen LogP contribution >= 0.6 is 11.3 Å². The van der Waals surface area contributed by atoms with E-state index in [9.17, 15) is 12.8 Å². The molecule has 0 unspecified atom stereocenters. The Morgan fingerprint density at radius 1 is 1.30 bits per heavy atom. The van der Waals surface area contributed by atoms with Crippen molar-refractivity contribution in [1.29, 1.82) is 0 Å². The average molecular weight is 314 g/mol. The minimum Gasteiger partial charge on any atom is -0.245 e. The number of aromatic nitrogens is 1. The first-order valence-electron chi connectivity index (χ1n) is 5.98. The number of benzene rings is 1. The van der Waals surface area contributed by atoms with E-state index in [1.54, 1.807) is 6.92 Å². The molecule has 1 heterocycles. The first-order valence-corrected chi connectivity index (χ1v) is 8.28. The number of rotatable bonds is 4. The van der Waals surface area contributed by atoms with Crippen LogP contribution in [-0.4, -0.2) is 13.4 Å². The van der Waals surface area contributed by atoms with Gasteiger partial charge in [0.15, 0.2) is 0 Å². The number of halogens is 1. The number of hydrogen-bond donors (Lipinski definition) is 1. The second-order valence-corrected chi connectivity index (χ2v) is 7.51. The third-order valence-electron chi connectivity index (χ3n) is 2.91. The quantitative estimate of drug-likeness (QED) is 0.944. The molecule has 0 saturated carbocycles. The van der Waals surface area contributed by atoms with Crippen LogP contribution in [-0.2, 0) is 16.6 Å². The molecule has 7 heteroatoms. The summed E-state index contributed by atoms with van der Waals surface area (Å²) in [5.41, 5.74) is 1.28. The van der Waals surface area contributed by atoms with Crippen molar-refractivity contribution in [2.45, 2.75) is 32.2 Å². The second kappa shape index (κ2) is 5.59. The smallest absolute Gasteiger partial charge is 0.241 e. The summed E-state index contributed by atoms with van der Waals surface area (Å²) < 4.78 is 39.8. The molecule has 0 aliphatic rings. The molecular formula is C13H15FN2O2S2. The lowest BCUT2D eigenvalue weighted by Crippen LogP contribution is -2.24. The molecule has 0 aliphatic heterocycles. The summed E-state index contributed by atoms with van der Waals surface area (Å²) >= 11 is 1.46. The van der Waals surface area contributed by atoms with E-state index >= 15 is 0 Å². The third kappa shape index (κ3) is 3.23. The Kier molecular flexibility index (Phi) is 4.22. The zero-order valence-corrected chi connectivity index (χ0v) is 13.0. The third-order valence-corrected chi connectivity index (χ3v) is 5.55. The molecular weight excluding hydrogens is 299 g/mol. The Hall–Kier alpha value is -1.31. The van der Waals surface area contributed by atoms with Crippen molar-refractivity contribution in [2.75, 3.05) is 0 Å². The van der Waals surface area contributed by atoms with E-state index in [1.165, 1.54) is 23.5 Å². The predicted octanol–water partition coefficient (Wildman–Crippen LogP) is 2.69. The zero-order chi connectivity index (χ0) is 14.9. The van der Waals surface area contributed by atoms with E-state index in [2.05, 4.69) is 9.71 Å². The topological polar surface area (TPSA) is 59.1 Å². The predicted molar refractivity (Wildman–Crippen MR) is 76.8 cm³/mol. The molecule has 1 aromatic carbocycles. The normalized spacial score (nSPS) is 11.8. The summed E-state index contributed by atoms with van der Waals surface area (Å²) in [5, 5.41) is 0.711. The number of aryl methyl sites for hydroxylation is 3. The lowest BCUT2D eigenvalue weighted by atomic mass is 10.2. The number of nitrogens with one attached hydrogen (secondary N) is 1. The van der Waals surface area contributed by atoms with Crippen molar-refractivity contribution in [3.05, 3.63) is 45.2 Å².